The molecule has 2 N–H and O–H groups in total. The van der Waals surface area contributed by atoms with Crippen molar-refractivity contribution < 1.29 is 4.42 Å². The third kappa shape index (κ3) is 1.78. The Morgan fingerprint density at radius 2 is 2.25 bits per heavy atom. The molecule has 0 saturated heterocycles. The zero-order valence-electron chi connectivity index (χ0n) is 9.79. The van der Waals surface area contributed by atoms with Gasteiger partial charge >= 0.3 is 0 Å². The highest BCUT2D eigenvalue weighted by molar-refractivity contribution is 5.41. The van der Waals surface area contributed by atoms with E-state index in [4.69, 9.17) is 15.4 Å². The Bertz CT molecular complexity index is 428. The van der Waals surface area contributed by atoms with E-state index in [0.29, 0.717) is 5.89 Å². The van der Waals surface area contributed by atoms with Crippen LogP contribution in [0.2, 0.25) is 0 Å². The first kappa shape index (κ1) is 11.0. The maximum absolute atomic E-state index is 8.81. The average Bonchev–Trinajstić information content (AvgIpc) is 2.58. The molecule has 0 spiro atoms. The molecule has 1 atom stereocenters. The van der Waals surface area contributed by atoms with Gasteiger partial charge in [0.2, 0.25) is 17.5 Å². The number of nitriles is 1. The highest BCUT2D eigenvalue weighted by Crippen LogP contribution is 2.46. The predicted molar refractivity (Wildman–Crippen MR) is 60.6 cm³/mol. The van der Waals surface area contributed by atoms with E-state index >= 15 is 0 Å². The molecule has 0 aliphatic heterocycles. The van der Waals surface area contributed by atoms with Gasteiger partial charge < -0.3 is 10.2 Å². The molecule has 1 aromatic heterocycles. The Hall–Kier alpha value is -1.50. The molecule has 1 aromatic rings. The van der Waals surface area contributed by atoms with E-state index in [1.807, 2.05) is 6.07 Å². The minimum Gasteiger partial charge on any atom is -0.424 e. The van der Waals surface area contributed by atoms with E-state index in [1.54, 1.807) is 0 Å². The highest BCUT2D eigenvalue weighted by atomic mass is 16.4. The fraction of sp³-hybridized carbons (Fsp3) is 0.667. The fourth-order valence-electron chi connectivity index (χ4n) is 2.53. The number of hydrogen-bond donors (Lipinski definition) is 1. The molecule has 1 aliphatic carbocycles. The molecule has 1 aliphatic rings. The van der Waals surface area contributed by atoms with Crippen molar-refractivity contribution in [2.24, 2.45) is 5.41 Å². The van der Waals surface area contributed by atoms with Gasteiger partial charge in [-0.3, -0.25) is 0 Å². The number of nitrogens with zero attached hydrogens (tertiary/aromatic N) is 2. The normalized spacial score (nSPS) is 23.9. The van der Waals surface area contributed by atoms with Crippen LogP contribution >= 0.6 is 0 Å². The van der Waals surface area contributed by atoms with Crippen molar-refractivity contribution in [3.05, 3.63) is 11.6 Å². The molecule has 1 saturated carbocycles. The number of nitrogen functional groups attached to an aromatic ring is 1. The van der Waals surface area contributed by atoms with E-state index in [0.717, 1.165) is 6.42 Å². The van der Waals surface area contributed by atoms with Gasteiger partial charge in [0.25, 0.3) is 0 Å². The monoisotopic (exact) mass is 219 g/mol. The van der Waals surface area contributed by atoms with Gasteiger partial charge in [-0.2, -0.15) is 5.26 Å². The van der Waals surface area contributed by atoms with Crippen LogP contribution in [0, 0.1) is 16.7 Å². The second kappa shape index (κ2) is 3.82. The summed E-state index contributed by atoms with van der Waals surface area (Å²) >= 11 is 0. The molecule has 2 rings (SSSR count). The molecular formula is C12H17N3O. The van der Waals surface area contributed by atoms with Crippen LogP contribution in [0.5, 0.6) is 0 Å². The third-order valence-electron chi connectivity index (χ3n) is 3.58. The molecule has 0 bridgehead atoms. The number of oxazole rings is 1. The summed E-state index contributed by atoms with van der Waals surface area (Å²) in [7, 11) is 0. The summed E-state index contributed by atoms with van der Waals surface area (Å²) in [6.45, 7) is 4.45. The van der Waals surface area contributed by atoms with Crippen LogP contribution in [0.1, 0.15) is 57.0 Å². The van der Waals surface area contributed by atoms with Crippen molar-refractivity contribution in [1.29, 1.82) is 5.26 Å². The van der Waals surface area contributed by atoms with E-state index < -0.39 is 0 Å². The average molecular weight is 219 g/mol. The molecule has 0 radical (unpaired) electrons. The minimum atomic E-state index is 0.152. The van der Waals surface area contributed by atoms with Crippen molar-refractivity contribution in [3.8, 4) is 6.07 Å². The van der Waals surface area contributed by atoms with Crippen LogP contribution in [0.15, 0.2) is 4.42 Å². The first-order valence-electron chi connectivity index (χ1n) is 5.71. The summed E-state index contributed by atoms with van der Waals surface area (Å²) in [4.78, 5) is 4.19. The van der Waals surface area contributed by atoms with Crippen LogP contribution in [-0.4, -0.2) is 4.98 Å². The van der Waals surface area contributed by atoms with E-state index in [-0.39, 0.29) is 22.9 Å². The van der Waals surface area contributed by atoms with Gasteiger partial charge in [0.1, 0.15) is 6.07 Å². The first-order chi connectivity index (χ1) is 7.54. The first-order valence-corrected chi connectivity index (χ1v) is 5.71. The molecule has 86 valence electrons. The summed E-state index contributed by atoms with van der Waals surface area (Å²) in [5.74, 6) is 1.07. The standard InChI is InChI=1S/C12H17N3O/c1-12(2)6-4-3-5-8(12)11-15-9(7-13)10(14)16-11/h8H,3-6,14H2,1-2H3. The predicted octanol–water partition coefficient (Wildman–Crippen LogP) is 2.81. The van der Waals surface area contributed by atoms with Crippen molar-refractivity contribution in [1.82, 2.24) is 4.98 Å². The maximum Gasteiger partial charge on any atom is 0.229 e. The largest absolute Gasteiger partial charge is 0.424 e. The lowest BCUT2D eigenvalue weighted by Gasteiger charge is -2.36. The van der Waals surface area contributed by atoms with Crippen molar-refractivity contribution >= 4 is 5.88 Å². The van der Waals surface area contributed by atoms with Crippen molar-refractivity contribution in [3.63, 3.8) is 0 Å². The zero-order chi connectivity index (χ0) is 11.8. The number of rotatable bonds is 1. The topological polar surface area (TPSA) is 75.8 Å². The Kier molecular flexibility index (Phi) is 2.63. The molecule has 16 heavy (non-hydrogen) atoms. The van der Waals surface area contributed by atoms with Crippen molar-refractivity contribution in [2.75, 3.05) is 5.73 Å². The Balaban J connectivity index is 2.32. The molecule has 1 fully saturated rings. The lowest BCUT2D eigenvalue weighted by atomic mass is 9.69. The smallest absolute Gasteiger partial charge is 0.229 e. The van der Waals surface area contributed by atoms with Crippen LogP contribution in [0.3, 0.4) is 0 Å². The Morgan fingerprint density at radius 1 is 1.50 bits per heavy atom. The van der Waals surface area contributed by atoms with Crippen molar-refractivity contribution in [2.45, 2.75) is 45.4 Å². The van der Waals surface area contributed by atoms with Crippen LogP contribution in [-0.2, 0) is 0 Å². The summed E-state index contributed by atoms with van der Waals surface area (Å²) in [6, 6.07) is 1.95. The number of anilines is 1. The van der Waals surface area contributed by atoms with Gasteiger partial charge in [-0.05, 0) is 18.3 Å². The van der Waals surface area contributed by atoms with Gasteiger partial charge in [-0.25, -0.2) is 4.98 Å². The summed E-state index contributed by atoms with van der Waals surface area (Å²) < 4.78 is 5.42. The summed E-state index contributed by atoms with van der Waals surface area (Å²) in [5.41, 5.74) is 6.00. The quantitative estimate of drug-likeness (QED) is 0.787. The molecule has 4 nitrogen and oxygen atoms in total. The van der Waals surface area contributed by atoms with E-state index in [9.17, 15) is 0 Å². The second-order valence-electron chi connectivity index (χ2n) is 5.16. The van der Waals surface area contributed by atoms with Gasteiger partial charge in [0.15, 0.2) is 0 Å². The molecule has 0 aromatic carbocycles. The fourth-order valence-corrected chi connectivity index (χ4v) is 2.53. The van der Waals surface area contributed by atoms with Crippen LogP contribution < -0.4 is 5.73 Å². The lowest BCUT2D eigenvalue weighted by molar-refractivity contribution is 0.174. The van der Waals surface area contributed by atoms with Crippen LogP contribution in [0.4, 0.5) is 5.88 Å². The van der Waals surface area contributed by atoms with Gasteiger partial charge in [-0.15, -0.1) is 0 Å². The van der Waals surface area contributed by atoms with Gasteiger partial charge in [0.05, 0.1) is 0 Å². The SMILES string of the molecule is CC1(C)CCCCC1c1nc(C#N)c(N)o1. The molecule has 4 heteroatoms. The van der Waals surface area contributed by atoms with E-state index in [2.05, 4.69) is 18.8 Å². The molecule has 1 unspecified atom stereocenters. The van der Waals surface area contributed by atoms with Gasteiger partial charge in [-0.1, -0.05) is 26.7 Å². The third-order valence-corrected chi connectivity index (χ3v) is 3.58. The number of aromatic nitrogens is 1. The minimum absolute atomic E-state index is 0.152. The second-order valence-corrected chi connectivity index (χ2v) is 5.16. The highest BCUT2D eigenvalue weighted by Gasteiger charge is 2.36. The van der Waals surface area contributed by atoms with Gasteiger partial charge in [0, 0.05) is 5.92 Å². The number of hydrogen-bond acceptors (Lipinski definition) is 4. The zero-order valence-corrected chi connectivity index (χ0v) is 9.79. The lowest BCUT2D eigenvalue weighted by Crippen LogP contribution is -2.26. The number of nitrogens with two attached hydrogens (primary N) is 1. The Labute approximate surface area is 95.5 Å². The molecule has 1 heterocycles. The summed E-state index contributed by atoms with van der Waals surface area (Å²) in [5, 5.41) is 8.81. The Morgan fingerprint density at radius 3 is 2.81 bits per heavy atom. The molecule has 0 amide bonds. The summed E-state index contributed by atoms with van der Waals surface area (Å²) in [6.07, 6.45) is 4.68. The van der Waals surface area contributed by atoms with Crippen LogP contribution in [0.25, 0.3) is 0 Å². The maximum atomic E-state index is 8.81. The van der Waals surface area contributed by atoms with E-state index in [1.165, 1.54) is 19.3 Å². The molecular weight excluding hydrogens is 202 g/mol.